The first-order valence-electron chi connectivity index (χ1n) is 10.2. The van der Waals surface area contributed by atoms with E-state index in [-0.39, 0.29) is 5.57 Å². The third-order valence-corrected chi connectivity index (χ3v) is 5.41. The molecule has 5 heteroatoms. The molecule has 4 rings (SSSR count). The van der Waals surface area contributed by atoms with Crippen molar-refractivity contribution in [1.82, 2.24) is 0 Å². The van der Waals surface area contributed by atoms with Crippen LogP contribution in [0, 0.1) is 6.92 Å². The fourth-order valence-electron chi connectivity index (χ4n) is 3.83. The average molecular weight is 425 g/mol. The third-order valence-electron chi connectivity index (χ3n) is 5.41. The zero-order chi connectivity index (χ0) is 22.7. The molecule has 0 spiro atoms. The number of carbonyl (C=O) groups is 2. The summed E-state index contributed by atoms with van der Waals surface area (Å²) in [6.07, 6.45) is 3.07. The molecular weight excluding hydrogens is 402 g/mol. The minimum atomic E-state index is -0.761. The Bertz CT molecular complexity index is 1210. The standard InChI is InChI=1S/C27H23NO4/c1-18-7-6-10-21(17-18)28-25(20-12-14-22(32-2)15-13-20)24(26(30)27(28)31)23(29)16-11-19-8-4-3-5-9-19/h3-17,25,30H,1-2H3/t25-/m0/s1. The maximum atomic E-state index is 13.2. The number of aliphatic hydroxyl groups is 1. The quantitative estimate of drug-likeness (QED) is 0.552. The summed E-state index contributed by atoms with van der Waals surface area (Å²) in [6.45, 7) is 1.92. The van der Waals surface area contributed by atoms with Crippen LogP contribution in [0.2, 0.25) is 0 Å². The highest BCUT2D eigenvalue weighted by Crippen LogP contribution is 2.41. The lowest BCUT2D eigenvalue weighted by atomic mass is 9.95. The summed E-state index contributed by atoms with van der Waals surface area (Å²) in [4.78, 5) is 27.8. The molecule has 1 atom stereocenters. The molecule has 0 aliphatic carbocycles. The second kappa shape index (κ2) is 8.94. The van der Waals surface area contributed by atoms with Gasteiger partial charge in [0, 0.05) is 5.69 Å². The lowest BCUT2D eigenvalue weighted by molar-refractivity contribution is -0.117. The van der Waals surface area contributed by atoms with Gasteiger partial charge < -0.3 is 9.84 Å². The maximum absolute atomic E-state index is 13.2. The van der Waals surface area contributed by atoms with Gasteiger partial charge in [-0.05, 0) is 54.0 Å². The van der Waals surface area contributed by atoms with Crippen LogP contribution >= 0.6 is 0 Å². The lowest BCUT2D eigenvalue weighted by Crippen LogP contribution is -2.30. The molecule has 1 aliphatic rings. The molecular formula is C27H23NO4. The van der Waals surface area contributed by atoms with Gasteiger partial charge in [-0.2, -0.15) is 0 Å². The van der Waals surface area contributed by atoms with Crippen LogP contribution in [0.4, 0.5) is 5.69 Å². The Morgan fingerprint density at radius 1 is 1.00 bits per heavy atom. The predicted octanol–water partition coefficient (Wildman–Crippen LogP) is 5.19. The van der Waals surface area contributed by atoms with Gasteiger partial charge in [-0.15, -0.1) is 0 Å². The molecule has 0 saturated heterocycles. The van der Waals surface area contributed by atoms with Gasteiger partial charge in [0.15, 0.2) is 11.5 Å². The Balaban J connectivity index is 1.79. The van der Waals surface area contributed by atoms with Crippen LogP contribution in [0.1, 0.15) is 22.7 Å². The highest BCUT2D eigenvalue weighted by molar-refractivity contribution is 6.19. The molecule has 0 saturated carbocycles. The van der Waals surface area contributed by atoms with Crippen LogP contribution in [0.25, 0.3) is 6.08 Å². The minimum Gasteiger partial charge on any atom is -0.503 e. The highest BCUT2D eigenvalue weighted by Gasteiger charge is 2.43. The SMILES string of the molecule is COc1ccc([C@H]2C(C(=O)C=Cc3ccccc3)=C(O)C(=O)N2c2cccc(C)c2)cc1. The zero-order valence-corrected chi connectivity index (χ0v) is 17.9. The van der Waals surface area contributed by atoms with Crippen molar-refractivity contribution in [2.45, 2.75) is 13.0 Å². The van der Waals surface area contributed by atoms with Crippen LogP contribution in [0.15, 0.2) is 96.3 Å². The van der Waals surface area contributed by atoms with Crippen molar-refractivity contribution in [2.24, 2.45) is 0 Å². The summed E-state index contributed by atoms with van der Waals surface area (Å²) in [5.74, 6) is -0.899. The number of aryl methyl sites for hydroxylation is 1. The normalized spacial score (nSPS) is 16.1. The summed E-state index contributed by atoms with van der Waals surface area (Å²) in [5, 5.41) is 10.8. The van der Waals surface area contributed by atoms with Crippen LogP contribution < -0.4 is 9.64 Å². The van der Waals surface area contributed by atoms with E-state index in [0.29, 0.717) is 17.0 Å². The van der Waals surface area contributed by atoms with E-state index in [1.807, 2.05) is 55.5 Å². The molecule has 160 valence electrons. The van der Waals surface area contributed by atoms with Gasteiger partial charge in [0.25, 0.3) is 5.91 Å². The highest BCUT2D eigenvalue weighted by atomic mass is 16.5. The zero-order valence-electron chi connectivity index (χ0n) is 17.9. The fraction of sp³-hybridized carbons (Fsp3) is 0.111. The Morgan fingerprint density at radius 3 is 2.38 bits per heavy atom. The summed E-state index contributed by atoms with van der Waals surface area (Å²) in [6, 6.07) is 23.2. The summed E-state index contributed by atoms with van der Waals surface area (Å²) >= 11 is 0. The van der Waals surface area contributed by atoms with Crippen LogP contribution in [0.5, 0.6) is 5.75 Å². The first-order chi connectivity index (χ1) is 15.5. The number of allylic oxidation sites excluding steroid dienone is 1. The number of anilines is 1. The van der Waals surface area contributed by atoms with E-state index >= 15 is 0 Å². The molecule has 5 nitrogen and oxygen atoms in total. The summed E-state index contributed by atoms with van der Waals surface area (Å²) in [7, 11) is 1.57. The second-order valence-electron chi connectivity index (χ2n) is 7.56. The molecule has 1 amide bonds. The number of amides is 1. The largest absolute Gasteiger partial charge is 0.503 e. The Labute approximate surface area is 186 Å². The molecule has 0 bridgehead atoms. The van der Waals surface area contributed by atoms with Crippen molar-refractivity contribution in [2.75, 3.05) is 12.0 Å². The van der Waals surface area contributed by atoms with Crippen molar-refractivity contribution >= 4 is 23.5 Å². The second-order valence-corrected chi connectivity index (χ2v) is 7.56. The Kier molecular flexibility index (Phi) is 5.90. The van der Waals surface area contributed by atoms with E-state index in [4.69, 9.17) is 4.74 Å². The number of nitrogens with zero attached hydrogens (tertiary/aromatic N) is 1. The van der Waals surface area contributed by atoms with Gasteiger partial charge in [0.2, 0.25) is 0 Å². The number of ether oxygens (including phenoxy) is 1. The van der Waals surface area contributed by atoms with E-state index < -0.39 is 23.5 Å². The molecule has 0 aromatic heterocycles. The van der Waals surface area contributed by atoms with E-state index in [2.05, 4.69) is 0 Å². The van der Waals surface area contributed by atoms with Crippen LogP contribution in [0.3, 0.4) is 0 Å². The average Bonchev–Trinajstić information content (AvgIpc) is 3.09. The molecule has 0 unspecified atom stereocenters. The number of ketones is 1. The van der Waals surface area contributed by atoms with Gasteiger partial charge in [0.1, 0.15) is 5.75 Å². The molecule has 3 aromatic carbocycles. The van der Waals surface area contributed by atoms with Crippen molar-refractivity contribution in [3.8, 4) is 5.75 Å². The molecule has 3 aromatic rings. The molecule has 1 heterocycles. The van der Waals surface area contributed by atoms with Crippen molar-refractivity contribution in [3.05, 3.63) is 113 Å². The van der Waals surface area contributed by atoms with Gasteiger partial charge >= 0.3 is 0 Å². The predicted molar refractivity (Wildman–Crippen MR) is 125 cm³/mol. The summed E-state index contributed by atoms with van der Waals surface area (Å²) in [5.41, 5.74) is 3.17. The lowest BCUT2D eigenvalue weighted by Gasteiger charge is -2.27. The molecule has 1 N–H and O–H groups in total. The molecule has 0 fully saturated rings. The van der Waals surface area contributed by atoms with E-state index in [9.17, 15) is 14.7 Å². The third kappa shape index (κ3) is 4.05. The Morgan fingerprint density at radius 2 is 1.72 bits per heavy atom. The number of hydrogen-bond donors (Lipinski definition) is 1. The number of carbonyl (C=O) groups excluding carboxylic acids is 2. The van der Waals surface area contributed by atoms with E-state index in [1.54, 1.807) is 43.5 Å². The van der Waals surface area contributed by atoms with Gasteiger partial charge in [-0.3, -0.25) is 14.5 Å². The van der Waals surface area contributed by atoms with Crippen molar-refractivity contribution in [3.63, 3.8) is 0 Å². The Hall–Kier alpha value is -4.12. The van der Waals surface area contributed by atoms with Gasteiger partial charge in [-0.1, -0.05) is 60.7 Å². The van der Waals surface area contributed by atoms with Crippen molar-refractivity contribution in [1.29, 1.82) is 0 Å². The fourth-order valence-corrected chi connectivity index (χ4v) is 3.83. The topological polar surface area (TPSA) is 66.8 Å². The number of benzene rings is 3. The number of methoxy groups -OCH3 is 1. The first kappa shape index (κ1) is 21.1. The minimum absolute atomic E-state index is 0.0499. The molecule has 1 aliphatic heterocycles. The summed E-state index contributed by atoms with van der Waals surface area (Å²) < 4.78 is 5.24. The number of hydrogen-bond acceptors (Lipinski definition) is 4. The monoisotopic (exact) mass is 425 g/mol. The van der Waals surface area contributed by atoms with Crippen molar-refractivity contribution < 1.29 is 19.4 Å². The van der Waals surface area contributed by atoms with Gasteiger partial charge in [0.05, 0.1) is 18.7 Å². The number of aliphatic hydroxyl groups excluding tert-OH is 1. The van der Waals surface area contributed by atoms with E-state index in [0.717, 1.165) is 11.1 Å². The number of rotatable bonds is 6. The van der Waals surface area contributed by atoms with Crippen LogP contribution in [-0.4, -0.2) is 23.9 Å². The molecule has 0 radical (unpaired) electrons. The maximum Gasteiger partial charge on any atom is 0.294 e. The smallest absolute Gasteiger partial charge is 0.294 e. The first-order valence-corrected chi connectivity index (χ1v) is 10.2. The van der Waals surface area contributed by atoms with E-state index in [1.165, 1.54) is 11.0 Å². The van der Waals surface area contributed by atoms with Gasteiger partial charge in [-0.25, -0.2) is 0 Å². The molecule has 32 heavy (non-hydrogen) atoms. The van der Waals surface area contributed by atoms with Crippen LogP contribution in [-0.2, 0) is 9.59 Å².